The Balaban J connectivity index is 2.46. The van der Waals surface area contributed by atoms with Gasteiger partial charge in [0.2, 0.25) is 0 Å². The number of nitrogens with two attached hydrogens (primary N) is 1. The quantitative estimate of drug-likeness (QED) is 0.724. The Hall–Kier alpha value is -1.02. The highest BCUT2D eigenvalue weighted by Gasteiger charge is 1.99. The van der Waals surface area contributed by atoms with Crippen LogP contribution in [0.5, 0.6) is 0 Å². The van der Waals surface area contributed by atoms with Crippen LogP contribution in [0.4, 0.5) is 5.69 Å². The predicted octanol–water partition coefficient (Wildman–Crippen LogP) is 2.42. The van der Waals surface area contributed by atoms with Crippen molar-refractivity contribution in [3.8, 4) is 0 Å². The Morgan fingerprint density at radius 2 is 1.80 bits per heavy atom. The van der Waals surface area contributed by atoms with Crippen molar-refractivity contribution in [1.29, 1.82) is 0 Å². The summed E-state index contributed by atoms with van der Waals surface area (Å²) in [7, 11) is 2.14. The van der Waals surface area contributed by atoms with Gasteiger partial charge in [-0.2, -0.15) is 0 Å². The second-order valence-corrected chi connectivity index (χ2v) is 3.94. The van der Waals surface area contributed by atoms with Gasteiger partial charge in [0, 0.05) is 19.3 Å². The predicted molar refractivity (Wildman–Crippen MR) is 67.4 cm³/mol. The molecule has 1 aromatic rings. The summed E-state index contributed by atoms with van der Waals surface area (Å²) in [4.78, 5) is 2.29. The lowest BCUT2D eigenvalue weighted by molar-refractivity contribution is 0.728. The van der Waals surface area contributed by atoms with E-state index < -0.39 is 0 Å². The van der Waals surface area contributed by atoms with Crippen molar-refractivity contribution in [1.82, 2.24) is 0 Å². The van der Waals surface area contributed by atoms with E-state index in [2.05, 4.69) is 43.1 Å². The SMILES string of the molecule is CCc1ccc(N(C)CCCCN)cc1. The molecule has 0 spiro atoms. The number of nitrogens with zero attached hydrogens (tertiary/aromatic N) is 1. The maximum Gasteiger partial charge on any atom is 0.0363 e. The molecule has 0 aliphatic carbocycles. The van der Waals surface area contributed by atoms with Crippen LogP contribution in [0.15, 0.2) is 24.3 Å². The van der Waals surface area contributed by atoms with Crippen LogP contribution in [0, 0.1) is 0 Å². The second kappa shape index (κ2) is 6.46. The van der Waals surface area contributed by atoms with Gasteiger partial charge in [0.1, 0.15) is 0 Å². The summed E-state index contributed by atoms with van der Waals surface area (Å²) < 4.78 is 0. The van der Waals surface area contributed by atoms with Gasteiger partial charge in [-0.25, -0.2) is 0 Å². The average Bonchev–Trinajstić information content (AvgIpc) is 2.29. The van der Waals surface area contributed by atoms with Gasteiger partial charge in [-0.15, -0.1) is 0 Å². The summed E-state index contributed by atoms with van der Waals surface area (Å²) in [5, 5.41) is 0. The minimum atomic E-state index is 0.794. The number of hydrogen-bond donors (Lipinski definition) is 1. The summed E-state index contributed by atoms with van der Waals surface area (Å²) in [5.41, 5.74) is 8.17. The number of hydrogen-bond acceptors (Lipinski definition) is 2. The molecule has 0 amide bonds. The van der Waals surface area contributed by atoms with Gasteiger partial charge in [0.05, 0.1) is 0 Å². The fourth-order valence-electron chi connectivity index (χ4n) is 1.61. The van der Waals surface area contributed by atoms with Crippen molar-refractivity contribution in [3.05, 3.63) is 29.8 Å². The molecule has 2 N–H and O–H groups in total. The first kappa shape index (κ1) is 12.1. The van der Waals surface area contributed by atoms with E-state index in [1.165, 1.54) is 17.7 Å². The van der Waals surface area contributed by atoms with Crippen LogP contribution >= 0.6 is 0 Å². The first-order valence-corrected chi connectivity index (χ1v) is 5.78. The number of unbranched alkanes of at least 4 members (excludes halogenated alkanes) is 1. The summed E-state index contributed by atoms with van der Waals surface area (Å²) in [6.07, 6.45) is 3.39. The van der Waals surface area contributed by atoms with Gasteiger partial charge in [-0.3, -0.25) is 0 Å². The van der Waals surface area contributed by atoms with E-state index in [-0.39, 0.29) is 0 Å². The van der Waals surface area contributed by atoms with E-state index >= 15 is 0 Å². The molecule has 15 heavy (non-hydrogen) atoms. The van der Waals surface area contributed by atoms with Gasteiger partial charge in [-0.05, 0) is 43.5 Å². The molecule has 0 fully saturated rings. The van der Waals surface area contributed by atoms with Gasteiger partial charge >= 0.3 is 0 Å². The lowest BCUT2D eigenvalue weighted by Crippen LogP contribution is -2.19. The standard InChI is InChI=1S/C13H22N2/c1-3-12-6-8-13(9-7-12)15(2)11-5-4-10-14/h6-9H,3-5,10-11,14H2,1-2H3. The molecule has 2 heteroatoms. The van der Waals surface area contributed by atoms with Crippen molar-refractivity contribution >= 4 is 5.69 Å². The van der Waals surface area contributed by atoms with Crippen molar-refractivity contribution in [2.45, 2.75) is 26.2 Å². The van der Waals surface area contributed by atoms with Crippen LogP contribution in [-0.2, 0) is 6.42 Å². The van der Waals surface area contributed by atoms with Crippen molar-refractivity contribution in [3.63, 3.8) is 0 Å². The van der Waals surface area contributed by atoms with Crippen molar-refractivity contribution in [2.75, 3.05) is 25.0 Å². The Morgan fingerprint density at radius 1 is 1.13 bits per heavy atom. The highest BCUT2D eigenvalue weighted by Crippen LogP contribution is 2.14. The van der Waals surface area contributed by atoms with Crippen LogP contribution in [0.3, 0.4) is 0 Å². The molecule has 0 radical (unpaired) electrons. The zero-order chi connectivity index (χ0) is 11.1. The Morgan fingerprint density at radius 3 is 2.33 bits per heavy atom. The number of anilines is 1. The van der Waals surface area contributed by atoms with E-state index in [4.69, 9.17) is 5.73 Å². The molecule has 1 rings (SSSR count). The molecule has 0 heterocycles. The molecule has 0 saturated heterocycles. The highest BCUT2D eigenvalue weighted by molar-refractivity contribution is 5.46. The van der Waals surface area contributed by atoms with Gasteiger partial charge in [0.25, 0.3) is 0 Å². The lowest BCUT2D eigenvalue weighted by Gasteiger charge is -2.19. The molecule has 0 aromatic heterocycles. The maximum atomic E-state index is 5.47. The molecular formula is C13H22N2. The molecule has 1 aromatic carbocycles. The molecule has 0 aliphatic rings. The third-order valence-electron chi connectivity index (χ3n) is 2.73. The van der Waals surface area contributed by atoms with Gasteiger partial charge in [-0.1, -0.05) is 19.1 Å². The lowest BCUT2D eigenvalue weighted by atomic mass is 10.1. The highest BCUT2D eigenvalue weighted by atomic mass is 15.1. The Bertz CT molecular complexity index is 266. The normalized spacial score (nSPS) is 10.3. The molecule has 0 saturated carbocycles. The van der Waals surface area contributed by atoms with E-state index in [0.29, 0.717) is 0 Å². The van der Waals surface area contributed by atoms with Crippen molar-refractivity contribution in [2.24, 2.45) is 5.73 Å². The first-order valence-electron chi connectivity index (χ1n) is 5.78. The third kappa shape index (κ3) is 3.92. The largest absolute Gasteiger partial charge is 0.375 e. The molecule has 84 valence electrons. The fourth-order valence-corrected chi connectivity index (χ4v) is 1.61. The average molecular weight is 206 g/mol. The van der Waals surface area contributed by atoms with E-state index in [0.717, 1.165) is 25.9 Å². The second-order valence-electron chi connectivity index (χ2n) is 3.94. The van der Waals surface area contributed by atoms with Crippen LogP contribution < -0.4 is 10.6 Å². The number of benzene rings is 1. The van der Waals surface area contributed by atoms with Crippen LogP contribution in [-0.4, -0.2) is 20.1 Å². The molecule has 0 aliphatic heterocycles. The van der Waals surface area contributed by atoms with E-state index in [1.807, 2.05) is 0 Å². The van der Waals surface area contributed by atoms with E-state index in [1.54, 1.807) is 0 Å². The summed E-state index contributed by atoms with van der Waals surface area (Å²) in [6.45, 7) is 4.06. The van der Waals surface area contributed by atoms with E-state index in [9.17, 15) is 0 Å². The molecule has 0 unspecified atom stereocenters. The minimum Gasteiger partial charge on any atom is -0.375 e. The third-order valence-corrected chi connectivity index (χ3v) is 2.73. The monoisotopic (exact) mass is 206 g/mol. The summed E-state index contributed by atoms with van der Waals surface area (Å²) in [5.74, 6) is 0. The number of aryl methyl sites for hydroxylation is 1. The maximum absolute atomic E-state index is 5.47. The topological polar surface area (TPSA) is 29.3 Å². The molecular weight excluding hydrogens is 184 g/mol. The molecule has 0 bridgehead atoms. The fraction of sp³-hybridized carbons (Fsp3) is 0.538. The Labute approximate surface area is 93.1 Å². The van der Waals surface area contributed by atoms with Crippen LogP contribution in [0.1, 0.15) is 25.3 Å². The van der Waals surface area contributed by atoms with Gasteiger partial charge < -0.3 is 10.6 Å². The Kier molecular flexibility index (Phi) is 5.19. The molecule has 2 nitrogen and oxygen atoms in total. The number of rotatable bonds is 6. The molecule has 0 atom stereocenters. The summed E-state index contributed by atoms with van der Waals surface area (Å²) >= 11 is 0. The smallest absolute Gasteiger partial charge is 0.0363 e. The summed E-state index contributed by atoms with van der Waals surface area (Å²) in [6, 6.07) is 8.80. The minimum absolute atomic E-state index is 0.794. The zero-order valence-electron chi connectivity index (χ0n) is 9.87. The van der Waals surface area contributed by atoms with Crippen LogP contribution in [0.2, 0.25) is 0 Å². The first-order chi connectivity index (χ1) is 7.27. The van der Waals surface area contributed by atoms with Gasteiger partial charge in [0.15, 0.2) is 0 Å². The zero-order valence-corrected chi connectivity index (χ0v) is 9.87. The van der Waals surface area contributed by atoms with Crippen molar-refractivity contribution < 1.29 is 0 Å². The van der Waals surface area contributed by atoms with Crippen LogP contribution in [0.25, 0.3) is 0 Å².